The Morgan fingerprint density at radius 1 is 1.52 bits per heavy atom. The number of aromatic nitrogens is 1. The number of hydrogen-bond acceptors (Lipinski definition) is 5. The van der Waals surface area contributed by atoms with Crippen LogP contribution in [0.4, 0.5) is 0 Å². The second-order valence-electron chi connectivity index (χ2n) is 4.38. The normalized spacial score (nSPS) is 13.2. The molecule has 2 atom stereocenters. The van der Waals surface area contributed by atoms with Gasteiger partial charge in [0.15, 0.2) is 11.7 Å². The van der Waals surface area contributed by atoms with E-state index >= 15 is 0 Å². The van der Waals surface area contributed by atoms with Crippen LogP contribution in [-0.4, -0.2) is 23.3 Å². The molecule has 0 bridgehead atoms. The summed E-state index contributed by atoms with van der Waals surface area (Å²) in [6, 6.07) is 9.43. The highest BCUT2D eigenvalue weighted by Crippen LogP contribution is 2.29. The van der Waals surface area contributed by atoms with Crippen LogP contribution in [0.1, 0.15) is 17.8 Å². The summed E-state index contributed by atoms with van der Waals surface area (Å²) in [5.41, 5.74) is 1.59. The first kappa shape index (κ1) is 15.5. The molecular weight excluding hydrogens is 308 g/mol. The third-order valence-corrected chi connectivity index (χ3v) is 4.06. The number of halogens is 1. The van der Waals surface area contributed by atoms with Crippen molar-refractivity contribution in [2.24, 2.45) is 0 Å². The molecule has 0 aliphatic carbocycles. The van der Waals surface area contributed by atoms with Crippen LogP contribution in [0.3, 0.4) is 0 Å². The van der Waals surface area contributed by atoms with Gasteiger partial charge in [0.25, 0.3) is 0 Å². The lowest BCUT2D eigenvalue weighted by atomic mass is 10.0. The van der Waals surface area contributed by atoms with Gasteiger partial charge in [0.1, 0.15) is 10.8 Å². The number of nitrogens with zero attached hydrogens (tertiary/aromatic N) is 2. The molecule has 2 rings (SSSR count). The number of thiazole rings is 1. The predicted octanol–water partition coefficient (Wildman–Crippen LogP) is 3.62. The van der Waals surface area contributed by atoms with Gasteiger partial charge >= 0.3 is 0 Å². The molecule has 0 amide bonds. The molecule has 2 aromatic rings. The Balaban J connectivity index is 2.33. The number of nitriles is 1. The van der Waals surface area contributed by atoms with E-state index in [4.69, 9.17) is 16.3 Å². The molecule has 21 heavy (non-hydrogen) atoms. The van der Waals surface area contributed by atoms with Crippen molar-refractivity contribution in [1.82, 2.24) is 4.98 Å². The summed E-state index contributed by atoms with van der Waals surface area (Å²) < 4.78 is 5.17. The number of alkyl halides is 1. The number of rotatable bonds is 5. The number of ether oxygens (including phenoxy) is 1. The number of carbonyl (C=O) groups is 1. The Morgan fingerprint density at radius 2 is 2.29 bits per heavy atom. The maximum atomic E-state index is 11.9. The fourth-order valence-corrected chi connectivity index (χ4v) is 2.81. The molecule has 0 fully saturated rings. The van der Waals surface area contributed by atoms with Crippen LogP contribution in [0.5, 0.6) is 5.75 Å². The third kappa shape index (κ3) is 3.41. The van der Waals surface area contributed by atoms with Crippen molar-refractivity contribution in [2.75, 3.05) is 7.11 Å². The standard InChI is InChI=1S/C15H13ClN2O2S/c1-9(16)14(19)12(7-17)15-18-13(8-21-15)10-4-3-5-11(6-10)20-2/h3-6,8-9,12H,1-2H3. The van der Waals surface area contributed by atoms with Crippen LogP contribution in [0.25, 0.3) is 11.3 Å². The molecule has 0 saturated carbocycles. The molecule has 0 spiro atoms. The van der Waals surface area contributed by atoms with Crippen molar-refractivity contribution < 1.29 is 9.53 Å². The summed E-state index contributed by atoms with van der Waals surface area (Å²) in [7, 11) is 1.60. The molecule has 6 heteroatoms. The second kappa shape index (κ2) is 6.70. The van der Waals surface area contributed by atoms with Crippen LogP contribution >= 0.6 is 22.9 Å². The molecule has 1 aromatic heterocycles. The van der Waals surface area contributed by atoms with Crippen molar-refractivity contribution in [1.29, 1.82) is 5.26 Å². The van der Waals surface area contributed by atoms with Crippen LogP contribution < -0.4 is 4.74 Å². The van der Waals surface area contributed by atoms with Crippen molar-refractivity contribution in [3.63, 3.8) is 0 Å². The minimum absolute atomic E-state index is 0.328. The molecule has 0 radical (unpaired) electrons. The molecule has 0 saturated heterocycles. The first-order chi connectivity index (χ1) is 10.1. The molecule has 108 valence electrons. The quantitative estimate of drug-likeness (QED) is 0.789. The van der Waals surface area contributed by atoms with Crippen molar-refractivity contribution in [3.8, 4) is 23.1 Å². The minimum atomic E-state index is -0.915. The first-order valence-corrected chi connectivity index (χ1v) is 7.55. The molecule has 1 heterocycles. The van der Waals surface area contributed by atoms with Gasteiger partial charge in [-0.15, -0.1) is 22.9 Å². The predicted molar refractivity (Wildman–Crippen MR) is 82.8 cm³/mol. The average Bonchev–Trinajstić information content (AvgIpc) is 2.97. The van der Waals surface area contributed by atoms with Crippen LogP contribution in [0, 0.1) is 11.3 Å². The lowest BCUT2D eigenvalue weighted by Crippen LogP contribution is -2.18. The lowest BCUT2D eigenvalue weighted by molar-refractivity contribution is -0.118. The Kier molecular flexibility index (Phi) is 4.94. The van der Waals surface area contributed by atoms with Gasteiger partial charge in [-0.2, -0.15) is 5.26 Å². The Hall–Kier alpha value is -1.90. The molecule has 4 nitrogen and oxygen atoms in total. The van der Waals surface area contributed by atoms with Gasteiger partial charge < -0.3 is 4.74 Å². The smallest absolute Gasteiger partial charge is 0.174 e. The molecular formula is C15H13ClN2O2S. The van der Waals surface area contributed by atoms with Gasteiger partial charge in [-0.3, -0.25) is 4.79 Å². The fraction of sp³-hybridized carbons (Fsp3) is 0.267. The summed E-state index contributed by atoms with van der Waals surface area (Å²) in [5, 5.41) is 10.8. The lowest BCUT2D eigenvalue weighted by Gasteiger charge is -2.06. The Labute approximate surface area is 132 Å². The Bertz CT molecular complexity index is 691. The van der Waals surface area contributed by atoms with Crippen molar-refractivity contribution in [3.05, 3.63) is 34.7 Å². The molecule has 2 unspecified atom stereocenters. The number of Topliss-reactive ketones (excluding diaryl/α,β-unsaturated/α-hetero) is 1. The zero-order chi connectivity index (χ0) is 15.4. The van der Waals surface area contributed by atoms with Gasteiger partial charge in [-0.05, 0) is 19.1 Å². The molecule has 0 N–H and O–H groups in total. The first-order valence-electron chi connectivity index (χ1n) is 6.24. The van der Waals surface area contributed by atoms with Gasteiger partial charge in [-0.25, -0.2) is 4.98 Å². The van der Waals surface area contributed by atoms with Crippen molar-refractivity contribution in [2.45, 2.75) is 18.2 Å². The Morgan fingerprint density at radius 3 is 2.90 bits per heavy atom. The van der Waals surface area contributed by atoms with Crippen LogP contribution in [0.2, 0.25) is 0 Å². The van der Waals surface area contributed by atoms with Crippen LogP contribution in [-0.2, 0) is 4.79 Å². The average molecular weight is 321 g/mol. The van der Waals surface area contributed by atoms with E-state index < -0.39 is 11.3 Å². The van der Waals surface area contributed by atoms with E-state index in [0.29, 0.717) is 10.7 Å². The highest BCUT2D eigenvalue weighted by Gasteiger charge is 2.27. The monoisotopic (exact) mass is 320 g/mol. The molecule has 0 aliphatic heterocycles. The van der Waals surface area contributed by atoms with E-state index in [-0.39, 0.29) is 5.78 Å². The summed E-state index contributed by atoms with van der Waals surface area (Å²) in [4.78, 5) is 16.3. The van der Waals surface area contributed by atoms with Gasteiger partial charge in [0.2, 0.25) is 0 Å². The van der Waals surface area contributed by atoms with Crippen LogP contribution in [0.15, 0.2) is 29.6 Å². The van der Waals surface area contributed by atoms with E-state index in [0.717, 1.165) is 11.3 Å². The van der Waals surface area contributed by atoms with Gasteiger partial charge in [0, 0.05) is 10.9 Å². The van der Waals surface area contributed by atoms with E-state index in [9.17, 15) is 10.1 Å². The van der Waals surface area contributed by atoms with E-state index in [2.05, 4.69) is 4.98 Å². The summed E-state index contributed by atoms with van der Waals surface area (Å²) >= 11 is 7.06. The van der Waals surface area contributed by atoms with E-state index in [1.807, 2.05) is 35.7 Å². The highest BCUT2D eigenvalue weighted by molar-refractivity contribution is 7.10. The van der Waals surface area contributed by atoms with Gasteiger partial charge in [-0.1, -0.05) is 12.1 Å². The molecule has 1 aromatic carbocycles. The number of methoxy groups -OCH3 is 1. The maximum absolute atomic E-state index is 11.9. The zero-order valence-corrected chi connectivity index (χ0v) is 13.1. The number of carbonyl (C=O) groups excluding carboxylic acids is 1. The summed E-state index contributed by atoms with van der Waals surface area (Å²) in [6.45, 7) is 1.56. The SMILES string of the molecule is COc1cccc(-c2csc(C(C#N)C(=O)C(C)Cl)n2)c1. The third-order valence-electron chi connectivity index (χ3n) is 2.94. The fourth-order valence-electron chi connectivity index (χ4n) is 1.81. The van der Waals surface area contributed by atoms with E-state index in [1.165, 1.54) is 11.3 Å². The van der Waals surface area contributed by atoms with Crippen molar-refractivity contribution >= 4 is 28.7 Å². The van der Waals surface area contributed by atoms with Gasteiger partial charge in [0.05, 0.1) is 24.3 Å². The number of ketones is 1. The summed E-state index contributed by atoms with van der Waals surface area (Å²) in [6.07, 6.45) is 0. The second-order valence-corrected chi connectivity index (χ2v) is 5.93. The maximum Gasteiger partial charge on any atom is 0.174 e. The number of benzene rings is 1. The molecule has 0 aliphatic rings. The largest absolute Gasteiger partial charge is 0.497 e. The highest BCUT2D eigenvalue weighted by atomic mass is 35.5. The topological polar surface area (TPSA) is 63.0 Å². The van der Waals surface area contributed by atoms with E-state index in [1.54, 1.807) is 14.0 Å². The minimum Gasteiger partial charge on any atom is -0.497 e. The summed E-state index contributed by atoms with van der Waals surface area (Å²) in [5.74, 6) is -0.517. The zero-order valence-electron chi connectivity index (χ0n) is 11.5. The number of hydrogen-bond donors (Lipinski definition) is 0.